The molecular formula is C3H4F2O4S. The lowest BCUT2D eigenvalue weighted by molar-refractivity contribution is -0.183. The maximum atomic E-state index is 11.5. The molecule has 0 aliphatic rings. The van der Waals surface area contributed by atoms with Gasteiger partial charge in [-0.15, -0.1) is 3.89 Å². The minimum atomic E-state index is -4.70. The first-order valence-corrected chi connectivity index (χ1v) is 3.75. The second-order valence-electron chi connectivity index (χ2n) is 1.44. The Morgan fingerprint density at radius 3 is 2.30 bits per heavy atom. The minimum absolute atomic E-state index is 0.810. The molecule has 0 heterocycles. The number of rotatable bonds is 3. The van der Waals surface area contributed by atoms with E-state index in [-0.39, 0.29) is 0 Å². The van der Waals surface area contributed by atoms with Crippen LogP contribution in [0.3, 0.4) is 0 Å². The SMILES string of the molecule is O=C(CCS(=O)(=O)F)OF. The lowest BCUT2D eigenvalue weighted by atomic mass is 10.5. The van der Waals surface area contributed by atoms with Crippen molar-refractivity contribution < 1.29 is 26.6 Å². The fourth-order valence-electron chi connectivity index (χ4n) is 0.244. The first-order chi connectivity index (χ1) is 4.45. The molecule has 10 heavy (non-hydrogen) atoms. The van der Waals surface area contributed by atoms with Gasteiger partial charge in [0, 0.05) is 4.53 Å². The van der Waals surface area contributed by atoms with E-state index in [9.17, 15) is 21.6 Å². The molecule has 0 unspecified atom stereocenters. The van der Waals surface area contributed by atoms with Gasteiger partial charge in [0.1, 0.15) is 0 Å². The number of carbonyl (C=O) groups is 1. The molecule has 0 aliphatic heterocycles. The van der Waals surface area contributed by atoms with Crippen molar-refractivity contribution in [1.29, 1.82) is 0 Å². The average molecular weight is 174 g/mol. The molecule has 0 aromatic carbocycles. The van der Waals surface area contributed by atoms with Gasteiger partial charge in [-0.1, -0.05) is 0 Å². The summed E-state index contributed by atoms with van der Waals surface area (Å²) in [6.07, 6.45) is -0.810. The third-order valence-electron chi connectivity index (χ3n) is 0.636. The van der Waals surface area contributed by atoms with Gasteiger partial charge in [0.2, 0.25) is 0 Å². The molecule has 0 aromatic rings. The molecule has 0 N–H and O–H groups in total. The zero-order valence-electron chi connectivity index (χ0n) is 4.71. The van der Waals surface area contributed by atoms with Gasteiger partial charge in [0.25, 0.3) is 0 Å². The average Bonchev–Trinajstić information content (AvgIpc) is 1.81. The maximum Gasteiger partial charge on any atom is 0.349 e. The highest BCUT2D eigenvalue weighted by molar-refractivity contribution is 7.86. The van der Waals surface area contributed by atoms with Crippen LogP contribution in [0.4, 0.5) is 8.41 Å². The molecule has 0 radical (unpaired) electrons. The van der Waals surface area contributed by atoms with Crippen LogP contribution in [0.1, 0.15) is 6.42 Å². The Kier molecular flexibility index (Phi) is 3.20. The van der Waals surface area contributed by atoms with E-state index in [1.807, 2.05) is 0 Å². The third-order valence-corrected chi connectivity index (χ3v) is 1.33. The summed E-state index contributed by atoms with van der Waals surface area (Å²) in [5.74, 6) is -2.45. The maximum absolute atomic E-state index is 11.5. The van der Waals surface area contributed by atoms with Gasteiger partial charge in [0.15, 0.2) is 0 Å². The van der Waals surface area contributed by atoms with E-state index in [0.29, 0.717) is 0 Å². The van der Waals surface area contributed by atoms with E-state index in [0.717, 1.165) is 0 Å². The first kappa shape index (κ1) is 9.28. The van der Waals surface area contributed by atoms with Crippen LogP contribution in [0.25, 0.3) is 0 Å². The second-order valence-corrected chi connectivity index (χ2v) is 2.93. The fraction of sp³-hybridized carbons (Fsp3) is 0.667. The number of carbonyl (C=O) groups excluding carboxylic acids is 1. The van der Waals surface area contributed by atoms with E-state index in [2.05, 4.69) is 4.94 Å². The molecule has 0 aliphatic carbocycles. The summed E-state index contributed by atoms with van der Waals surface area (Å²) in [6, 6.07) is 0. The molecular weight excluding hydrogens is 170 g/mol. The smallest absolute Gasteiger partial charge is 0.255 e. The monoisotopic (exact) mass is 174 g/mol. The number of hydrogen-bond donors (Lipinski definition) is 0. The Balaban J connectivity index is 3.67. The van der Waals surface area contributed by atoms with Crippen LogP contribution >= 0.6 is 0 Å². The standard InChI is InChI=1S/C3H4F2O4S/c4-9-3(6)1-2-10(5,7)8/h1-2H2. The molecule has 0 fully saturated rings. The number of halogens is 2. The summed E-state index contributed by atoms with van der Waals surface area (Å²) in [7, 11) is -4.70. The largest absolute Gasteiger partial charge is 0.349 e. The normalized spacial score (nSPS) is 11.0. The van der Waals surface area contributed by atoms with Crippen LogP contribution < -0.4 is 0 Å². The van der Waals surface area contributed by atoms with Crippen LogP contribution in [-0.2, 0) is 20.0 Å². The molecule has 0 spiro atoms. The van der Waals surface area contributed by atoms with Crippen LogP contribution in [0, 0.1) is 0 Å². The fourth-order valence-corrected chi connectivity index (χ4v) is 0.654. The summed E-state index contributed by atoms with van der Waals surface area (Å²) in [6.45, 7) is 0. The highest BCUT2D eigenvalue weighted by Gasteiger charge is 2.12. The van der Waals surface area contributed by atoms with Gasteiger partial charge in [-0.2, -0.15) is 8.42 Å². The predicted molar refractivity (Wildman–Crippen MR) is 26.7 cm³/mol. The Labute approximate surface area is 55.9 Å². The van der Waals surface area contributed by atoms with Gasteiger partial charge in [-0.25, -0.2) is 4.79 Å². The van der Waals surface area contributed by atoms with E-state index >= 15 is 0 Å². The zero-order chi connectivity index (χ0) is 8.20. The molecule has 60 valence electrons. The molecule has 0 saturated carbocycles. The molecule has 7 heteroatoms. The highest BCUT2D eigenvalue weighted by Crippen LogP contribution is 1.95. The van der Waals surface area contributed by atoms with Crippen molar-refractivity contribution in [1.82, 2.24) is 0 Å². The van der Waals surface area contributed by atoms with Gasteiger partial charge in [-0.3, -0.25) is 4.94 Å². The molecule has 0 atom stereocenters. The summed E-state index contributed by atoms with van der Waals surface area (Å²) >= 11 is 0. The first-order valence-electron chi connectivity index (χ1n) is 2.19. The van der Waals surface area contributed by atoms with E-state index in [1.165, 1.54) is 0 Å². The van der Waals surface area contributed by atoms with Crippen molar-refractivity contribution in [3.05, 3.63) is 0 Å². The van der Waals surface area contributed by atoms with Crippen LogP contribution in [0.5, 0.6) is 0 Å². The van der Waals surface area contributed by atoms with Crippen molar-refractivity contribution in [2.75, 3.05) is 5.75 Å². The van der Waals surface area contributed by atoms with Crippen molar-refractivity contribution in [2.24, 2.45) is 0 Å². The molecule has 0 rings (SSSR count). The van der Waals surface area contributed by atoms with E-state index < -0.39 is 28.4 Å². The van der Waals surface area contributed by atoms with Crippen molar-refractivity contribution in [3.8, 4) is 0 Å². The van der Waals surface area contributed by atoms with Crippen LogP contribution in [0.15, 0.2) is 0 Å². The second kappa shape index (κ2) is 3.45. The predicted octanol–water partition coefficient (Wildman–Crippen LogP) is 0.104. The van der Waals surface area contributed by atoms with Crippen molar-refractivity contribution in [2.45, 2.75) is 6.42 Å². The van der Waals surface area contributed by atoms with Gasteiger partial charge < -0.3 is 0 Å². The molecule has 4 nitrogen and oxygen atoms in total. The van der Waals surface area contributed by atoms with E-state index in [1.54, 1.807) is 0 Å². The van der Waals surface area contributed by atoms with E-state index in [4.69, 9.17) is 0 Å². The summed E-state index contributed by atoms with van der Waals surface area (Å²) in [4.78, 5) is 12.4. The lowest BCUT2D eigenvalue weighted by Crippen LogP contribution is -2.06. The Bertz CT molecular complexity index is 209. The molecule has 0 bridgehead atoms. The topological polar surface area (TPSA) is 60.4 Å². The Morgan fingerprint density at radius 2 is 2.00 bits per heavy atom. The third kappa shape index (κ3) is 5.42. The van der Waals surface area contributed by atoms with Gasteiger partial charge in [-0.05, 0) is 0 Å². The van der Waals surface area contributed by atoms with Crippen molar-refractivity contribution in [3.63, 3.8) is 0 Å². The highest BCUT2D eigenvalue weighted by atomic mass is 32.3. The number of hydrogen-bond acceptors (Lipinski definition) is 4. The summed E-state index contributed by atoms with van der Waals surface area (Å²) < 4.78 is 41.6. The lowest BCUT2D eigenvalue weighted by Gasteiger charge is -1.89. The van der Waals surface area contributed by atoms with Crippen LogP contribution in [-0.4, -0.2) is 20.1 Å². The molecule has 0 amide bonds. The minimum Gasteiger partial charge on any atom is -0.255 e. The molecule has 0 saturated heterocycles. The summed E-state index contributed by atoms with van der Waals surface area (Å²) in [5, 5.41) is 0. The molecule has 0 aromatic heterocycles. The van der Waals surface area contributed by atoms with Crippen molar-refractivity contribution >= 4 is 16.2 Å². The van der Waals surface area contributed by atoms with Gasteiger partial charge in [0.05, 0.1) is 12.2 Å². The van der Waals surface area contributed by atoms with Gasteiger partial charge >= 0.3 is 16.2 Å². The zero-order valence-corrected chi connectivity index (χ0v) is 5.53. The quantitative estimate of drug-likeness (QED) is 0.569. The van der Waals surface area contributed by atoms with Crippen LogP contribution in [0.2, 0.25) is 0 Å². The summed E-state index contributed by atoms with van der Waals surface area (Å²) in [5.41, 5.74) is 0. The Hall–Kier alpha value is -0.720. The Morgan fingerprint density at radius 1 is 1.50 bits per heavy atom.